The molecule has 0 spiro atoms. The van der Waals surface area contributed by atoms with Crippen molar-refractivity contribution in [2.75, 3.05) is 29.6 Å². The van der Waals surface area contributed by atoms with E-state index in [-0.39, 0.29) is 11.9 Å². The van der Waals surface area contributed by atoms with Crippen molar-refractivity contribution in [3.63, 3.8) is 0 Å². The number of nitrogens with two attached hydrogens (primary N) is 1. The number of nitrogen functional groups attached to an aromatic ring is 1. The Morgan fingerprint density at radius 3 is 2.89 bits per heavy atom. The van der Waals surface area contributed by atoms with E-state index in [1.165, 1.54) is 0 Å². The predicted octanol–water partition coefficient (Wildman–Crippen LogP) is 1.89. The van der Waals surface area contributed by atoms with E-state index in [4.69, 9.17) is 10.5 Å². The van der Waals surface area contributed by atoms with Crippen molar-refractivity contribution in [1.82, 2.24) is 0 Å². The highest BCUT2D eigenvalue weighted by Gasteiger charge is 2.31. The Morgan fingerprint density at radius 2 is 2.11 bits per heavy atom. The van der Waals surface area contributed by atoms with Crippen LogP contribution in [0.5, 0.6) is 0 Å². The first-order valence-electron chi connectivity index (χ1n) is 6.18. The van der Waals surface area contributed by atoms with Crippen molar-refractivity contribution in [2.24, 2.45) is 0 Å². The van der Waals surface area contributed by atoms with Gasteiger partial charge in [-0.25, -0.2) is 0 Å². The van der Waals surface area contributed by atoms with Crippen LogP contribution in [-0.4, -0.2) is 30.9 Å². The topological polar surface area (TPSA) is 55.6 Å². The van der Waals surface area contributed by atoms with Gasteiger partial charge < -0.3 is 15.4 Å². The van der Waals surface area contributed by atoms with Gasteiger partial charge in [-0.05, 0) is 31.0 Å². The molecule has 3 rings (SSSR count). The second-order valence-electron chi connectivity index (χ2n) is 4.62. The highest BCUT2D eigenvalue weighted by molar-refractivity contribution is 8.00. The van der Waals surface area contributed by atoms with Gasteiger partial charge in [-0.1, -0.05) is 0 Å². The maximum Gasteiger partial charge on any atom is 0.237 e. The van der Waals surface area contributed by atoms with Gasteiger partial charge >= 0.3 is 0 Å². The maximum absolute atomic E-state index is 12.2. The standard InChI is InChI=1S/C13H16N2O2S/c14-9-1-2-12-11(7-9)15(13(16)8-18-12)10-3-5-17-6-4-10/h1-2,7,10H,3-6,8,14H2. The molecule has 0 atom stereocenters. The highest BCUT2D eigenvalue weighted by Crippen LogP contribution is 2.38. The molecule has 5 heteroatoms. The Bertz CT molecular complexity index is 472. The predicted molar refractivity (Wildman–Crippen MR) is 72.9 cm³/mol. The van der Waals surface area contributed by atoms with E-state index >= 15 is 0 Å². The molecule has 96 valence electrons. The monoisotopic (exact) mass is 264 g/mol. The molecule has 0 unspecified atom stereocenters. The van der Waals surface area contributed by atoms with E-state index < -0.39 is 0 Å². The van der Waals surface area contributed by atoms with Crippen molar-refractivity contribution >= 4 is 29.0 Å². The number of ether oxygens (including phenoxy) is 1. The number of thioether (sulfide) groups is 1. The normalized spacial score (nSPS) is 20.9. The minimum atomic E-state index is 0.185. The van der Waals surface area contributed by atoms with Gasteiger partial charge in [-0.3, -0.25) is 4.79 Å². The summed E-state index contributed by atoms with van der Waals surface area (Å²) < 4.78 is 5.37. The van der Waals surface area contributed by atoms with Crippen molar-refractivity contribution in [3.8, 4) is 0 Å². The molecule has 0 aliphatic carbocycles. The van der Waals surface area contributed by atoms with E-state index in [1.807, 2.05) is 23.1 Å². The molecule has 0 bridgehead atoms. The summed E-state index contributed by atoms with van der Waals surface area (Å²) in [5, 5.41) is 0. The number of carbonyl (C=O) groups excluding carboxylic acids is 1. The first kappa shape index (κ1) is 11.9. The van der Waals surface area contributed by atoms with E-state index in [0.29, 0.717) is 11.4 Å². The van der Waals surface area contributed by atoms with Gasteiger partial charge in [0.2, 0.25) is 5.91 Å². The lowest BCUT2D eigenvalue weighted by Crippen LogP contribution is -2.46. The Labute approximate surface area is 110 Å². The average molecular weight is 264 g/mol. The summed E-state index contributed by atoms with van der Waals surface area (Å²) in [7, 11) is 0. The van der Waals surface area contributed by atoms with Crippen LogP contribution < -0.4 is 10.6 Å². The van der Waals surface area contributed by atoms with Crippen LogP contribution in [0.4, 0.5) is 11.4 Å². The van der Waals surface area contributed by atoms with Crippen molar-refractivity contribution < 1.29 is 9.53 Å². The number of nitrogens with zero attached hydrogens (tertiary/aromatic N) is 1. The molecule has 0 aromatic heterocycles. The second kappa shape index (κ2) is 4.82. The summed E-state index contributed by atoms with van der Waals surface area (Å²) in [4.78, 5) is 15.3. The number of fused-ring (bicyclic) bond motifs is 1. The molecule has 1 fully saturated rings. The first-order chi connectivity index (χ1) is 8.75. The maximum atomic E-state index is 12.2. The van der Waals surface area contributed by atoms with Crippen molar-refractivity contribution in [1.29, 1.82) is 0 Å². The summed E-state index contributed by atoms with van der Waals surface area (Å²) in [6.45, 7) is 1.47. The number of benzene rings is 1. The Hall–Kier alpha value is -1.20. The number of amides is 1. The van der Waals surface area contributed by atoms with Gasteiger partial charge in [0.1, 0.15) is 0 Å². The summed E-state index contributed by atoms with van der Waals surface area (Å²) in [5.41, 5.74) is 7.53. The molecular weight excluding hydrogens is 248 g/mol. The molecule has 1 aromatic rings. The van der Waals surface area contributed by atoms with Gasteiger partial charge in [-0.15, -0.1) is 11.8 Å². The molecule has 1 aromatic carbocycles. The van der Waals surface area contributed by atoms with Crippen LogP contribution in [-0.2, 0) is 9.53 Å². The third-order valence-electron chi connectivity index (χ3n) is 3.42. The van der Waals surface area contributed by atoms with Crippen molar-refractivity contribution in [2.45, 2.75) is 23.8 Å². The molecule has 0 radical (unpaired) electrons. The van der Waals surface area contributed by atoms with E-state index in [1.54, 1.807) is 11.8 Å². The number of rotatable bonds is 1. The fourth-order valence-electron chi connectivity index (χ4n) is 2.53. The number of anilines is 2. The third kappa shape index (κ3) is 2.08. The number of carbonyl (C=O) groups is 1. The van der Waals surface area contributed by atoms with Crippen LogP contribution in [0.2, 0.25) is 0 Å². The van der Waals surface area contributed by atoms with Gasteiger partial charge in [0.05, 0.1) is 11.4 Å². The van der Waals surface area contributed by atoms with E-state index in [0.717, 1.165) is 36.6 Å². The number of hydrogen-bond donors (Lipinski definition) is 1. The lowest BCUT2D eigenvalue weighted by molar-refractivity contribution is -0.117. The molecule has 0 saturated carbocycles. The lowest BCUT2D eigenvalue weighted by Gasteiger charge is -2.37. The van der Waals surface area contributed by atoms with E-state index in [2.05, 4.69) is 0 Å². The van der Waals surface area contributed by atoms with Crippen LogP contribution in [0.25, 0.3) is 0 Å². The van der Waals surface area contributed by atoms with Crippen LogP contribution in [0.15, 0.2) is 23.1 Å². The summed E-state index contributed by atoms with van der Waals surface area (Å²) in [6.07, 6.45) is 1.81. The fourth-order valence-corrected chi connectivity index (χ4v) is 3.42. The molecule has 2 N–H and O–H groups in total. The molecule has 2 heterocycles. The number of hydrogen-bond acceptors (Lipinski definition) is 4. The van der Waals surface area contributed by atoms with Gasteiger partial charge in [-0.2, -0.15) is 0 Å². The molecule has 1 amide bonds. The molecule has 4 nitrogen and oxygen atoms in total. The van der Waals surface area contributed by atoms with Crippen LogP contribution in [0.3, 0.4) is 0 Å². The van der Waals surface area contributed by atoms with Gasteiger partial charge in [0.25, 0.3) is 0 Å². The molecule has 2 aliphatic heterocycles. The zero-order valence-corrected chi connectivity index (χ0v) is 10.9. The largest absolute Gasteiger partial charge is 0.399 e. The van der Waals surface area contributed by atoms with Crippen LogP contribution in [0.1, 0.15) is 12.8 Å². The zero-order chi connectivity index (χ0) is 12.5. The smallest absolute Gasteiger partial charge is 0.237 e. The summed E-state index contributed by atoms with van der Waals surface area (Å²) >= 11 is 1.60. The molecule has 18 heavy (non-hydrogen) atoms. The Kier molecular flexibility index (Phi) is 3.18. The molecule has 1 saturated heterocycles. The second-order valence-corrected chi connectivity index (χ2v) is 5.64. The Balaban J connectivity index is 1.97. The lowest BCUT2D eigenvalue weighted by atomic mass is 10.1. The molecule has 2 aliphatic rings. The quantitative estimate of drug-likeness (QED) is 0.787. The van der Waals surface area contributed by atoms with E-state index in [9.17, 15) is 4.79 Å². The third-order valence-corrected chi connectivity index (χ3v) is 4.47. The molecular formula is C13H16N2O2S. The van der Waals surface area contributed by atoms with Crippen LogP contribution >= 0.6 is 11.8 Å². The van der Waals surface area contributed by atoms with Crippen molar-refractivity contribution in [3.05, 3.63) is 18.2 Å². The van der Waals surface area contributed by atoms with Crippen LogP contribution in [0, 0.1) is 0 Å². The minimum Gasteiger partial charge on any atom is -0.399 e. The average Bonchev–Trinajstić information content (AvgIpc) is 2.39. The fraction of sp³-hybridized carbons (Fsp3) is 0.462. The van der Waals surface area contributed by atoms with Gasteiger partial charge in [0.15, 0.2) is 0 Å². The summed E-state index contributed by atoms with van der Waals surface area (Å²) in [6, 6.07) is 6.07. The SMILES string of the molecule is Nc1ccc2c(c1)N(C1CCOCC1)C(=O)CS2. The summed E-state index contributed by atoms with van der Waals surface area (Å²) in [5.74, 6) is 0.707. The minimum absolute atomic E-state index is 0.185. The Morgan fingerprint density at radius 1 is 1.33 bits per heavy atom. The van der Waals surface area contributed by atoms with Gasteiger partial charge in [0, 0.05) is 29.8 Å². The first-order valence-corrected chi connectivity index (χ1v) is 7.16. The zero-order valence-electron chi connectivity index (χ0n) is 10.1. The highest BCUT2D eigenvalue weighted by atomic mass is 32.2.